The molecule has 0 radical (unpaired) electrons. The Balaban J connectivity index is 1.89. The van der Waals surface area contributed by atoms with E-state index in [0.29, 0.717) is 11.5 Å². The molecule has 1 aliphatic rings. The van der Waals surface area contributed by atoms with Crippen molar-refractivity contribution in [1.29, 1.82) is 0 Å². The fourth-order valence-corrected chi connectivity index (χ4v) is 2.63. The number of ether oxygens (including phenoxy) is 2. The minimum absolute atomic E-state index is 0.104. The summed E-state index contributed by atoms with van der Waals surface area (Å²) in [6, 6.07) is 12.6. The van der Waals surface area contributed by atoms with Gasteiger partial charge >= 0.3 is 10.1 Å². The Labute approximate surface area is 110 Å². The molecule has 2 aromatic rings. The summed E-state index contributed by atoms with van der Waals surface area (Å²) in [6.45, 7) is 0.129. The molecule has 19 heavy (non-hydrogen) atoms. The van der Waals surface area contributed by atoms with E-state index in [0.717, 1.165) is 0 Å². The zero-order chi connectivity index (χ0) is 13.3. The molecular formula is C13H10O5S. The van der Waals surface area contributed by atoms with Gasteiger partial charge in [0.05, 0.1) is 0 Å². The van der Waals surface area contributed by atoms with Crippen LogP contribution in [0.25, 0.3) is 0 Å². The van der Waals surface area contributed by atoms with Crippen LogP contribution in [0.15, 0.2) is 53.4 Å². The minimum Gasteiger partial charge on any atom is -0.454 e. The predicted octanol–water partition coefficient (Wildman–Crippen LogP) is 2.18. The number of hydrogen-bond donors (Lipinski definition) is 0. The number of hydrogen-bond acceptors (Lipinski definition) is 5. The van der Waals surface area contributed by atoms with Crippen molar-refractivity contribution < 1.29 is 22.1 Å². The molecule has 6 heteroatoms. The van der Waals surface area contributed by atoms with Crippen molar-refractivity contribution in [1.82, 2.24) is 0 Å². The third-order valence-electron chi connectivity index (χ3n) is 2.58. The fraction of sp³-hybridized carbons (Fsp3) is 0.0769. The van der Waals surface area contributed by atoms with E-state index in [1.54, 1.807) is 24.3 Å². The van der Waals surface area contributed by atoms with Crippen LogP contribution in [0.1, 0.15) is 0 Å². The van der Waals surface area contributed by atoms with Crippen LogP contribution in [0, 0.1) is 0 Å². The highest BCUT2D eigenvalue weighted by Gasteiger charge is 2.19. The molecule has 2 aromatic carbocycles. The largest absolute Gasteiger partial charge is 0.454 e. The first-order valence-electron chi connectivity index (χ1n) is 5.54. The first-order valence-corrected chi connectivity index (χ1v) is 6.95. The van der Waals surface area contributed by atoms with Gasteiger partial charge in [0.15, 0.2) is 11.5 Å². The molecule has 3 rings (SSSR count). The monoisotopic (exact) mass is 278 g/mol. The van der Waals surface area contributed by atoms with Crippen LogP contribution in [-0.2, 0) is 10.1 Å². The molecule has 98 valence electrons. The molecule has 0 N–H and O–H groups in total. The zero-order valence-corrected chi connectivity index (χ0v) is 10.6. The normalized spacial score (nSPS) is 13.3. The maximum absolute atomic E-state index is 12.0. The Kier molecular flexibility index (Phi) is 2.79. The molecule has 5 nitrogen and oxygen atoms in total. The molecule has 0 aromatic heterocycles. The van der Waals surface area contributed by atoms with Crippen molar-refractivity contribution in [2.24, 2.45) is 0 Å². The average molecular weight is 278 g/mol. The lowest BCUT2D eigenvalue weighted by Gasteiger charge is -2.07. The van der Waals surface area contributed by atoms with E-state index in [1.807, 2.05) is 0 Å². The van der Waals surface area contributed by atoms with Gasteiger partial charge in [-0.25, -0.2) is 0 Å². The first kappa shape index (κ1) is 11.9. The van der Waals surface area contributed by atoms with Gasteiger partial charge in [-0.05, 0) is 24.3 Å². The fourth-order valence-electron chi connectivity index (χ4n) is 1.69. The van der Waals surface area contributed by atoms with Gasteiger partial charge in [-0.15, -0.1) is 0 Å². The van der Waals surface area contributed by atoms with Crippen LogP contribution in [0.3, 0.4) is 0 Å². The predicted molar refractivity (Wildman–Crippen MR) is 66.8 cm³/mol. The lowest BCUT2D eigenvalue weighted by molar-refractivity contribution is 0.174. The van der Waals surface area contributed by atoms with E-state index in [9.17, 15) is 8.42 Å². The van der Waals surface area contributed by atoms with Gasteiger partial charge in [0.1, 0.15) is 10.6 Å². The lowest BCUT2D eigenvalue weighted by atomic mass is 10.3. The molecule has 0 aliphatic carbocycles. The molecule has 0 bridgehead atoms. The number of fused-ring (bicyclic) bond motifs is 1. The molecule has 0 atom stereocenters. The van der Waals surface area contributed by atoms with Crippen molar-refractivity contribution in [3.05, 3.63) is 48.5 Å². The van der Waals surface area contributed by atoms with Gasteiger partial charge in [-0.2, -0.15) is 8.42 Å². The Morgan fingerprint density at radius 1 is 0.947 bits per heavy atom. The molecule has 1 aliphatic heterocycles. The molecular weight excluding hydrogens is 268 g/mol. The van der Waals surface area contributed by atoms with Crippen LogP contribution < -0.4 is 13.7 Å². The van der Waals surface area contributed by atoms with Gasteiger partial charge in [-0.1, -0.05) is 18.2 Å². The third kappa shape index (κ3) is 2.34. The molecule has 0 fully saturated rings. The maximum Gasteiger partial charge on any atom is 0.339 e. The summed E-state index contributed by atoms with van der Waals surface area (Å²) in [5.74, 6) is 1.23. The van der Waals surface area contributed by atoms with E-state index in [2.05, 4.69) is 0 Å². The van der Waals surface area contributed by atoms with Gasteiger partial charge in [-0.3, -0.25) is 0 Å². The Bertz CT molecular complexity index is 694. The van der Waals surface area contributed by atoms with Gasteiger partial charge < -0.3 is 13.7 Å². The quantitative estimate of drug-likeness (QED) is 0.805. The Morgan fingerprint density at radius 2 is 1.68 bits per heavy atom. The molecule has 0 saturated heterocycles. The van der Waals surface area contributed by atoms with E-state index in [-0.39, 0.29) is 17.4 Å². The van der Waals surface area contributed by atoms with E-state index in [4.69, 9.17) is 13.7 Å². The summed E-state index contributed by atoms with van der Waals surface area (Å²) in [7, 11) is -3.83. The SMILES string of the molecule is O=S(=O)(Oc1ccc2c(c1)OCO2)c1ccccc1. The molecule has 0 spiro atoms. The van der Waals surface area contributed by atoms with Crippen LogP contribution >= 0.6 is 0 Å². The van der Waals surface area contributed by atoms with Crippen molar-refractivity contribution in [2.45, 2.75) is 4.90 Å². The minimum atomic E-state index is -3.83. The highest BCUT2D eigenvalue weighted by Crippen LogP contribution is 2.35. The smallest absolute Gasteiger partial charge is 0.339 e. The summed E-state index contributed by atoms with van der Waals surface area (Å²) in [5, 5.41) is 0. The molecule has 0 amide bonds. The second-order valence-electron chi connectivity index (χ2n) is 3.87. The first-order chi connectivity index (χ1) is 9.15. The van der Waals surface area contributed by atoms with Crippen LogP contribution in [0.2, 0.25) is 0 Å². The average Bonchev–Trinajstić information content (AvgIpc) is 2.87. The standard InChI is InChI=1S/C13H10O5S/c14-19(15,11-4-2-1-3-5-11)18-10-6-7-12-13(8-10)17-9-16-12/h1-8H,9H2. The zero-order valence-electron chi connectivity index (χ0n) is 9.78. The Morgan fingerprint density at radius 3 is 2.47 bits per heavy atom. The van der Waals surface area contributed by atoms with E-state index < -0.39 is 10.1 Å². The van der Waals surface area contributed by atoms with Crippen LogP contribution in [0.5, 0.6) is 17.2 Å². The Hall–Kier alpha value is -2.21. The summed E-state index contributed by atoms with van der Waals surface area (Å²) in [5.41, 5.74) is 0. The summed E-state index contributed by atoms with van der Waals surface area (Å²) < 4.78 is 39.4. The van der Waals surface area contributed by atoms with Crippen molar-refractivity contribution in [3.63, 3.8) is 0 Å². The maximum atomic E-state index is 12.0. The van der Waals surface area contributed by atoms with Gasteiger partial charge in [0.2, 0.25) is 6.79 Å². The molecule has 1 heterocycles. The van der Waals surface area contributed by atoms with E-state index in [1.165, 1.54) is 24.3 Å². The highest BCUT2D eigenvalue weighted by atomic mass is 32.2. The lowest BCUT2D eigenvalue weighted by Crippen LogP contribution is -2.09. The number of rotatable bonds is 3. The molecule has 0 unspecified atom stereocenters. The highest BCUT2D eigenvalue weighted by molar-refractivity contribution is 7.87. The second kappa shape index (κ2) is 4.47. The summed E-state index contributed by atoms with van der Waals surface area (Å²) in [4.78, 5) is 0.104. The van der Waals surface area contributed by atoms with Crippen LogP contribution in [0.4, 0.5) is 0 Å². The number of benzene rings is 2. The third-order valence-corrected chi connectivity index (χ3v) is 3.84. The topological polar surface area (TPSA) is 61.8 Å². The van der Waals surface area contributed by atoms with Gasteiger partial charge in [0, 0.05) is 6.07 Å². The van der Waals surface area contributed by atoms with Gasteiger partial charge in [0.25, 0.3) is 0 Å². The summed E-state index contributed by atoms with van der Waals surface area (Å²) >= 11 is 0. The van der Waals surface area contributed by atoms with Crippen molar-refractivity contribution in [2.75, 3.05) is 6.79 Å². The second-order valence-corrected chi connectivity index (χ2v) is 5.41. The van der Waals surface area contributed by atoms with Crippen molar-refractivity contribution in [3.8, 4) is 17.2 Å². The van der Waals surface area contributed by atoms with E-state index >= 15 is 0 Å². The molecule has 0 saturated carbocycles. The van der Waals surface area contributed by atoms with Crippen molar-refractivity contribution >= 4 is 10.1 Å². The van der Waals surface area contributed by atoms with Crippen LogP contribution in [-0.4, -0.2) is 15.2 Å². The summed E-state index contributed by atoms with van der Waals surface area (Å²) in [6.07, 6.45) is 0.